The highest BCUT2D eigenvalue weighted by Crippen LogP contribution is 2.30. The van der Waals surface area contributed by atoms with Gasteiger partial charge in [0.25, 0.3) is 0 Å². The minimum Gasteiger partial charge on any atom is -0.496 e. The van der Waals surface area contributed by atoms with E-state index in [1.165, 1.54) is 12.7 Å². The molecular weight excluding hydrogens is 312 g/mol. The number of nitrogens with one attached hydrogen (secondary N) is 1. The van der Waals surface area contributed by atoms with Crippen LogP contribution in [0.5, 0.6) is 5.75 Å². The Bertz CT molecular complexity index is 904. The number of methoxy groups -OCH3 is 1. The zero-order valence-corrected chi connectivity index (χ0v) is 14.6. The number of carbonyl (C=O) groups excluding carboxylic acids is 1. The molecule has 0 spiro atoms. The van der Waals surface area contributed by atoms with Crippen molar-refractivity contribution >= 4 is 11.5 Å². The van der Waals surface area contributed by atoms with Crippen molar-refractivity contribution in [3.05, 3.63) is 70.8 Å². The van der Waals surface area contributed by atoms with Gasteiger partial charge in [0.2, 0.25) is 0 Å². The maximum Gasteiger partial charge on any atom is 0.191 e. The summed E-state index contributed by atoms with van der Waals surface area (Å²) in [7, 11) is 1.50. The number of carbonyl (C=O) groups is 1. The number of rotatable bonds is 3. The van der Waals surface area contributed by atoms with E-state index in [4.69, 9.17) is 10.00 Å². The van der Waals surface area contributed by atoms with Crippen LogP contribution >= 0.6 is 0 Å². The summed E-state index contributed by atoms with van der Waals surface area (Å²) in [5.74, 6) is 0.251. The van der Waals surface area contributed by atoms with Gasteiger partial charge in [0.15, 0.2) is 5.78 Å². The second kappa shape index (κ2) is 6.45. The Morgan fingerprint density at radius 3 is 2.76 bits per heavy atom. The molecule has 0 unspecified atom stereocenters. The summed E-state index contributed by atoms with van der Waals surface area (Å²) in [6.45, 7) is 4.23. The molecule has 25 heavy (non-hydrogen) atoms. The Morgan fingerprint density at radius 2 is 2.04 bits per heavy atom. The molecule has 1 N–H and O–H groups in total. The number of ketones is 1. The van der Waals surface area contributed by atoms with Crippen molar-refractivity contribution in [2.24, 2.45) is 0 Å². The van der Waals surface area contributed by atoms with Crippen molar-refractivity contribution in [1.82, 2.24) is 5.32 Å². The van der Waals surface area contributed by atoms with Gasteiger partial charge >= 0.3 is 0 Å². The van der Waals surface area contributed by atoms with E-state index in [0.29, 0.717) is 16.9 Å². The zero-order valence-electron chi connectivity index (χ0n) is 14.6. The maximum atomic E-state index is 12.8. The summed E-state index contributed by atoms with van der Waals surface area (Å²) in [5, 5.41) is 12.5. The minimum atomic E-state index is -0.156. The van der Waals surface area contributed by atoms with Gasteiger partial charge in [0.1, 0.15) is 5.75 Å². The van der Waals surface area contributed by atoms with Crippen molar-refractivity contribution in [2.45, 2.75) is 25.8 Å². The lowest BCUT2D eigenvalue weighted by Gasteiger charge is -2.35. The van der Waals surface area contributed by atoms with Crippen LogP contribution in [0.3, 0.4) is 0 Å². The summed E-state index contributed by atoms with van der Waals surface area (Å²) < 4.78 is 5.29. The third kappa shape index (κ3) is 3.41. The number of hydrogen-bond acceptors (Lipinski definition) is 4. The molecule has 1 heterocycles. The number of hydrogen-bond donors (Lipinski definition) is 1. The third-order valence-corrected chi connectivity index (χ3v) is 4.28. The first-order valence-electron chi connectivity index (χ1n) is 8.14. The number of nitriles is 1. The molecule has 0 saturated carbocycles. The van der Waals surface area contributed by atoms with Crippen molar-refractivity contribution in [2.75, 3.05) is 7.11 Å². The molecule has 0 amide bonds. The standard InChI is InChI=1S/C21H20N2O2/c1-21(2)12-15-6-4-5-7-16(15)18(23-21)11-19(24)17-9-8-14(13-22)10-20(17)25-3/h4-11,23H,12H2,1-3H3/b18-11-. The lowest BCUT2D eigenvalue weighted by molar-refractivity contribution is 0.104. The number of ether oxygens (including phenoxy) is 1. The van der Waals surface area contributed by atoms with Crippen molar-refractivity contribution in [1.29, 1.82) is 5.26 Å². The second-order valence-electron chi connectivity index (χ2n) is 6.79. The largest absolute Gasteiger partial charge is 0.496 e. The number of allylic oxidation sites excluding steroid dienone is 1. The lowest BCUT2D eigenvalue weighted by Crippen LogP contribution is -2.43. The van der Waals surface area contributed by atoms with Gasteiger partial charge in [-0.05, 0) is 44.0 Å². The second-order valence-corrected chi connectivity index (χ2v) is 6.79. The predicted molar refractivity (Wildman–Crippen MR) is 97.4 cm³/mol. The number of nitrogens with zero attached hydrogens (tertiary/aromatic N) is 1. The van der Waals surface area contributed by atoms with Crippen LogP contribution in [-0.2, 0) is 6.42 Å². The van der Waals surface area contributed by atoms with Gasteiger partial charge < -0.3 is 10.1 Å². The molecule has 0 aromatic heterocycles. The van der Waals surface area contributed by atoms with E-state index < -0.39 is 0 Å². The summed E-state index contributed by atoms with van der Waals surface area (Å²) in [4.78, 5) is 12.8. The Balaban J connectivity index is 2.03. The van der Waals surface area contributed by atoms with E-state index in [1.807, 2.05) is 18.2 Å². The van der Waals surface area contributed by atoms with E-state index in [0.717, 1.165) is 17.7 Å². The van der Waals surface area contributed by atoms with E-state index in [-0.39, 0.29) is 11.3 Å². The molecule has 0 radical (unpaired) electrons. The lowest BCUT2D eigenvalue weighted by atomic mass is 9.85. The highest BCUT2D eigenvalue weighted by molar-refractivity contribution is 6.10. The predicted octanol–water partition coefficient (Wildman–Crippen LogP) is 3.71. The minimum absolute atomic E-state index is 0.130. The Morgan fingerprint density at radius 1 is 1.28 bits per heavy atom. The van der Waals surface area contributed by atoms with Gasteiger partial charge in [0, 0.05) is 22.9 Å². The van der Waals surface area contributed by atoms with Gasteiger partial charge in [-0.3, -0.25) is 4.79 Å². The fourth-order valence-corrected chi connectivity index (χ4v) is 3.18. The molecule has 0 bridgehead atoms. The van der Waals surface area contributed by atoms with Crippen molar-refractivity contribution in [3.63, 3.8) is 0 Å². The van der Waals surface area contributed by atoms with E-state index in [9.17, 15) is 4.79 Å². The van der Waals surface area contributed by atoms with Gasteiger partial charge in [-0.1, -0.05) is 24.3 Å². The van der Waals surface area contributed by atoms with Crippen LogP contribution in [0.2, 0.25) is 0 Å². The topological polar surface area (TPSA) is 62.1 Å². The molecule has 126 valence electrons. The van der Waals surface area contributed by atoms with Crippen LogP contribution < -0.4 is 10.1 Å². The van der Waals surface area contributed by atoms with Crippen molar-refractivity contribution in [3.8, 4) is 11.8 Å². The summed E-state index contributed by atoms with van der Waals surface area (Å²) in [5.41, 5.74) is 3.85. The maximum absolute atomic E-state index is 12.8. The summed E-state index contributed by atoms with van der Waals surface area (Å²) >= 11 is 0. The van der Waals surface area contributed by atoms with Crippen LogP contribution in [0.1, 0.15) is 40.9 Å². The van der Waals surface area contributed by atoms with Crippen molar-refractivity contribution < 1.29 is 9.53 Å². The van der Waals surface area contributed by atoms with E-state index in [1.54, 1.807) is 24.3 Å². The molecule has 0 saturated heterocycles. The van der Waals surface area contributed by atoms with Gasteiger partial charge in [-0.25, -0.2) is 0 Å². The molecule has 2 aromatic carbocycles. The first-order valence-corrected chi connectivity index (χ1v) is 8.14. The monoisotopic (exact) mass is 332 g/mol. The van der Waals surface area contributed by atoms with Gasteiger partial charge in [-0.2, -0.15) is 5.26 Å². The van der Waals surface area contributed by atoms with Crippen LogP contribution in [0, 0.1) is 11.3 Å². The summed E-state index contributed by atoms with van der Waals surface area (Å²) in [6, 6.07) is 15.0. The van der Waals surface area contributed by atoms with E-state index in [2.05, 4.69) is 31.3 Å². The molecular formula is C21H20N2O2. The molecule has 2 aromatic rings. The highest BCUT2D eigenvalue weighted by Gasteiger charge is 2.27. The highest BCUT2D eigenvalue weighted by atomic mass is 16.5. The summed E-state index contributed by atoms with van der Waals surface area (Å²) in [6.07, 6.45) is 2.51. The van der Waals surface area contributed by atoms with Crippen LogP contribution in [-0.4, -0.2) is 18.4 Å². The molecule has 0 aliphatic carbocycles. The molecule has 1 aliphatic heterocycles. The van der Waals surface area contributed by atoms with Gasteiger partial charge in [0.05, 0.1) is 24.3 Å². The average Bonchev–Trinajstić information content (AvgIpc) is 2.60. The Hall–Kier alpha value is -3.06. The molecule has 0 atom stereocenters. The van der Waals surface area contributed by atoms with Gasteiger partial charge in [-0.15, -0.1) is 0 Å². The molecule has 1 aliphatic rings. The average molecular weight is 332 g/mol. The molecule has 4 heteroatoms. The molecule has 4 nitrogen and oxygen atoms in total. The van der Waals surface area contributed by atoms with Crippen LogP contribution in [0.25, 0.3) is 5.70 Å². The quantitative estimate of drug-likeness (QED) is 0.687. The first kappa shape index (κ1) is 16.8. The van der Waals surface area contributed by atoms with Crippen LogP contribution in [0.4, 0.5) is 0 Å². The zero-order chi connectivity index (χ0) is 18.0. The molecule has 3 rings (SSSR count). The first-order chi connectivity index (χ1) is 11.9. The smallest absolute Gasteiger partial charge is 0.191 e. The third-order valence-electron chi connectivity index (χ3n) is 4.28. The van der Waals surface area contributed by atoms with Crippen LogP contribution in [0.15, 0.2) is 48.5 Å². The normalized spacial score (nSPS) is 16.5. The Kier molecular flexibility index (Phi) is 4.33. The number of fused-ring (bicyclic) bond motifs is 1. The fourth-order valence-electron chi connectivity index (χ4n) is 3.18. The number of benzene rings is 2. The molecule has 0 fully saturated rings. The SMILES string of the molecule is COc1cc(C#N)ccc1C(=O)/C=C1\NC(C)(C)Cc2ccccc21. The fraction of sp³-hybridized carbons (Fsp3) is 0.238. The van der Waals surface area contributed by atoms with E-state index >= 15 is 0 Å². The Labute approximate surface area is 147 Å².